The Kier molecular flexibility index (Phi) is 7.62. The van der Waals surface area contributed by atoms with Crippen molar-refractivity contribution < 1.29 is 14.8 Å². The molecule has 174 valence electrons. The van der Waals surface area contributed by atoms with Gasteiger partial charge in [-0.25, -0.2) is 10.2 Å². The van der Waals surface area contributed by atoms with E-state index in [1.165, 1.54) is 0 Å². The fraction of sp³-hybridized carbons (Fsp3) is 0.231. The molecule has 0 saturated carbocycles. The number of aromatic nitrogens is 3. The van der Waals surface area contributed by atoms with E-state index in [1.807, 2.05) is 66.7 Å². The summed E-state index contributed by atoms with van der Waals surface area (Å²) in [6, 6.07) is 23.7. The lowest BCUT2D eigenvalue weighted by atomic mass is 10.00. The first kappa shape index (κ1) is 23.1. The molecule has 0 spiro atoms. The first-order valence-electron chi connectivity index (χ1n) is 11.2. The zero-order chi connectivity index (χ0) is 23.8. The maximum absolute atomic E-state index is 12.2. The molecule has 3 N–H and O–H groups in total. The number of amides is 2. The SMILES string of the molecule is O=C(C[C@@H](Cc1ccc2ccccc2c1)n1cc(CNC(=O)CCc2ccccc2)nn1)NO. The van der Waals surface area contributed by atoms with E-state index in [0.717, 1.165) is 21.9 Å². The molecule has 3 aromatic carbocycles. The Bertz CT molecular complexity index is 1260. The largest absolute Gasteiger partial charge is 0.350 e. The summed E-state index contributed by atoms with van der Waals surface area (Å²) >= 11 is 0. The minimum Gasteiger partial charge on any atom is -0.350 e. The highest BCUT2D eigenvalue weighted by molar-refractivity contribution is 5.83. The Balaban J connectivity index is 1.39. The topological polar surface area (TPSA) is 109 Å². The summed E-state index contributed by atoms with van der Waals surface area (Å²) in [5.74, 6) is -0.567. The van der Waals surface area contributed by atoms with E-state index in [1.54, 1.807) is 16.4 Å². The van der Waals surface area contributed by atoms with Crippen molar-refractivity contribution in [2.24, 2.45) is 0 Å². The van der Waals surface area contributed by atoms with E-state index in [2.05, 4.69) is 21.7 Å². The van der Waals surface area contributed by atoms with Crippen LogP contribution in [0.2, 0.25) is 0 Å². The van der Waals surface area contributed by atoms with Crippen LogP contribution < -0.4 is 10.8 Å². The standard InChI is InChI=1S/C26H27N5O3/c32-25(13-11-19-6-2-1-3-7-19)27-17-23-18-31(30-28-23)24(16-26(33)29-34)15-20-10-12-21-8-4-5-9-22(21)14-20/h1-10,12,14,18,24,34H,11,13,15-17H2,(H,27,32)(H,29,33)/t24-/m1/s1. The Hall–Kier alpha value is -4.04. The highest BCUT2D eigenvalue weighted by Crippen LogP contribution is 2.22. The monoisotopic (exact) mass is 457 g/mol. The molecule has 1 aromatic heterocycles. The zero-order valence-electron chi connectivity index (χ0n) is 18.7. The molecule has 0 fully saturated rings. The molecule has 4 rings (SSSR count). The van der Waals surface area contributed by atoms with Gasteiger partial charge in [0.1, 0.15) is 5.69 Å². The number of benzene rings is 3. The second-order valence-corrected chi connectivity index (χ2v) is 8.23. The van der Waals surface area contributed by atoms with E-state index in [0.29, 0.717) is 25.0 Å². The number of fused-ring (bicyclic) bond motifs is 1. The summed E-state index contributed by atoms with van der Waals surface area (Å²) in [7, 11) is 0. The van der Waals surface area contributed by atoms with Crippen molar-refractivity contribution in [3.63, 3.8) is 0 Å². The van der Waals surface area contributed by atoms with Crippen LogP contribution in [0, 0.1) is 0 Å². The van der Waals surface area contributed by atoms with Gasteiger partial charge in [-0.15, -0.1) is 5.10 Å². The number of nitrogens with zero attached hydrogens (tertiary/aromatic N) is 3. The van der Waals surface area contributed by atoms with Gasteiger partial charge in [0, 0.05) is 6.42 Å². The lowest BCUT2D eigenvalue weighted by Crippen LogP contribution is -2.25. The molecule has 4 aromatic rings. The maximum atomic E-state index is 12.2. The minimum atomic E-state index is -0.503. The van der Waals surface area contributed by atoms with E-state index >= 15 is 0 Å². The summed E-state index contributed by atoms with van der Waals surface area (Å²) in [5.41, 5.74) is 4.45. The van der Waals surface area contributed by atoms with Crippen LogP contribution in [0.4, 0.5) is 0 Å². The number of nitrogens with one attached hydrogen (secondary N) is 2. The number of hydroxylamine groups is 1. The van der Waals surface area contributed by atoms with Crippen LogP contribution in [0.1, 0.15) is 35.7 Å². The molecule has 0 unspecified atom stereocenters. The fourth-order valence-corrected chi connectivity index (χ4v) is 3.91. The summed E-state index contributed by atoms with van der Waals surface area (Å²) in [6.45, 7) is 0.252. The second-order valence-electron chi connectivity index (χ2n) is 8.23. The van der Waals surface area contributed by atoms with Crippen molar-refractivity contribution in [1.82, 2.24) is 25.8 Å². The third-order valence-corrected chi connectivity index (χ3v) is 5.71. The molecule has 2 amide bonds. The normalized spacial score (nSPS) is 11.8. The molecule has 0 radical (unpaired) electrons. The molecule has 0 bridgehead atoms. The number of carbonyl (C=O) groups excluding carboxylic acids is 2. The number of hydrogen-bond donors (Lipinski definition) is 3. The van der Waals surface area contributed by atoms with Crippen molar-refractivity contribution in [1.29, 1.82) is 0 Å². The maximum Gasteiger partial charge on any atom is 0.245 e. The average Bonchev–Trinajstić information content (AvgIpc) is 3.35. The zero-order valence-corrected chi connectivity index (χ0v) is 18.7. The first-order chi connectivity index (χ1) is 16.6. The lowest BCUT2D eigenvalue weighted by Gasteiger charge is -2.16. The molecule has 1 heterocycles. The molecule has 0 aliphatic carbocycles. The van der Waals surface area contributed by atoms with Crippen molar-refractivity contribution >= 4 is 22.6 Å². The molecule has 0 aliphatic heterocycles. The lowest BCUT2D eigenvalue weighted by molar-refractivity contribution is -0.130. The fourth-order valence-electron chi connectivity index (χ4n) is 3.91. The molecule has 1 atom stereocenters. The van der Waals surface area contributed by atoms with Crippen LogP contribution in [-0.4, -0.2) is 32.0 Å². The van der Waals surface area contributed by atoms with E-state index in [-0.39, 0.29) is 24.9 Å². The van der Waals surface area contributed by atoms with Crippen molar-refractivity contribution in [3.8, 4) is 0 Å². The Morgan fingerprint density at radius 1 is 0.912 bits per heavy atom. The van der Waals surface area contributed by atoms with Crippen LogP contribution in [0.3, 0.4) is 0 Å². The van der Waals surface area contributed by atoms with Gasteiger partial charge in [0.25, 0.3) is 0 Å². The predicted octanol–water partition coefficient (Wildman–Crippen LogP) is 3.36. The van der Waals surface area contributed by atoms with Gasteiger partial charge in [-0.1, -0.05) is 78.0 Å². The van der Waals surface area contributed by atoms with Crippen LogP contribution >= 0.6 is 0 Å². The summed E-state index contributed by atoms with van der Waals surface area (Å²) in [6.07, 6.45) is 3.36. The smallest absolute Gasteiger partial charge is 0.245 e. The number of rotatable bonds is 10. The van der Waals surface area contributed by atoms with Crippen molar-refractivity contribution in [2.75, 3.05) is 0 Å². The van der Waals surface area contributed by atoms with Gasteiger partial charge >= 0.3 is 0 Å². The van der Waals surface area contributed by atoms with E-state index in [9.17, 15) is 9.59 Å². The quantitative estimate of drug-likeness (QED) is 0.250. The van der Waals surface area contributed by atoms with Gasteiger partial charge in [0.15, 0.2) is 0 Å². The van der Waals surface area contributed by atoms with Crippen molar-refractivity contribution in [3.05, 3.63) is 95.8 Å². The average molecular weight is 458 g/mol. The minimum absolute atomic E-state index is 0.0373. The van der Waals surface area contributed by atoms with Crippen LogP contribution in [-0.2, 0) is 29.0 Å². The third-order valence-electron chi connectivity index (χ3n) is 5.71. The van der Waals surface area contributed by atoms with Crippen LogP contribution in [0.25, 0.3) is 10.8 Å². The van der Waals surface area contributed by atoms with Gasteiger partial charge in [-0.05, 0) is 34.7 Å². The van der Waals surface area contributed by atoms with Crippen LogP contribution in [0.15, 0.2) is 79.0 Å². The molecule has 0 saturated heterocycles. The number of hydrogen-bond acceptors (Lipinski definition) is 5. The van der Waals surface area contributed by atoms with Gasteiger partial charge in [-0.2, -0.15) is 0 Å². The van der Waals surface area contributed by atoms with Gasteiger partial charge in [-0.3, -0.25) is 14.8 Å². The molecular weight excluding hydrogens is 430 g/mol. The Labute approximate surface area is 197 Å². The summed E-state index contributed by atoms with van der Waals surface area (Å²) < 4.78 is 1.62. The Morgan fingerprint density at radius 3 is 2.47 bits per heavy atom. The highest BCUT2D eigenvalue weighted by atomic mass is 16.5. The third kappa shape index (κ3) is 6.26. The first-order valence-corrected chi connectivity index (χ1v) is 11.2. The number of carbonyl (C=O) groups is 2. The van der Waals surface area contributed by atoms with Gasteiger partial charge in [0.05, 0.1) is 25.2 Å². The van der Waals surface area contributed by atoms with Gasteiger partial charge < -0.3 is 5.32 Å². The van der Waals surface area contributed by atoms with E-state index < -0.39 is 5.91 Å². The molecule has 8 heteroatoms. The van der Waals surface area contributed by atoms with Gasteiger partial charge in [0.2, 0.25) is 11.8 Å². The molecule has 34 heavy (non-hydrogen) atoms. The summed E-state index contributed by atoms with van der Waals surface area (Å²) in [5, 5.41) is 22.5. The molecular formula is C26H27N5O3. The number of aryl methyl sites for hydroxylation is 1. The van der Waals surface area contributed by atoms with Crippen molar-refractivity contribution in [2.45, 2.75) is 38.3 Å². The predicted molar refractivity (Wildman–Crippen MR) is 128 cm³/mol. The summed E-state index contributed by atoms with van der Waals surface area (Å²) in [4.78, 5) is 24.1. The second kappa shape index (κ2) is 11.2. The highest BCUT2D eigenvalue weighted by Gasteiger charge is 2.19. The van der Waals surface area contributed by atoms with E-state index in [4.69, 9.17) is 5.21 Å². The Morgan fingerprint density at radius 2 is 1.68 bits per heavy atom. The molecule has 8 nitrogen and oxygen atoms in total. The van der Waals surface area contributed by atoms with Crippen LogP contribution in [0.5, 0.6) is 0 Å². The molecule has 0 aliphatic rings.